The molecule has 15 heavy (non-hydrogen) atoms. The minimum absolute atomic E-state index is 0.0572. The van der Waals surface area contributed by atoms with Gasteiger partial charge in [-0.05, 0) is 15.9 Å². The van der Waals surface area contributed by atoms with Gasteiger partial charge in [0.25, 0.3) is 0 Å². The molecule has 0 spiro atoms. The Labute approximate surface area is 95.3 Å². The number of nitrogens with one attached hydrogen (secondary N) is 1. The molecule has 1 saturated heterocycles. The van der Waals surface area contributed by atoms with Gasteiger partial charge in [0.1, 0.15) is 6.10 Å². The number of rotatable bonds is 3. The Morgan fingerprint density at radius 2 is 2.53 bits per heavy atom. The summed E-state index contributed by atoms with van der Waals surface area (Å²) in [5, 5.41) is 0. The lowest BCUT2D eigenvalue weighted by Gasteiger charge is -2.12. The number of anilines is 1. The molecule has 1 aliphatic heterocycles. The van der Waals surface area contributed by atoms with Crippen molar-refractivity contribution in [1.29, 1.82) is 0 Å². The third kappa shape index (κ3) is 2.55. The number of nitrogens with two attached hydrogens (primary N) is 1. The van der Waals surface area contributed by atoms with E-state index in [0.717, 1.165) is 13.0 Å². The van der Waals surface area contributed by atoms with Gasteiger partial charge in [-0.2, -0.15) is 4.98 Å². The average molecular weight is 275 g/mol. The number of hydrazine groups is 1. The highest BCUT2D eigenvalue weighted by Crippen LogP contribution is 2.24. The van der Waals surface area contributed by atoms with Crippen LogP contribution in [0.25, 0.3) is 0 Å². The van der Waals surface area contributed by atoms with Crippen molar-refractivity contribution in [2.45, 2.75) is 12.5 Å². The molecule has 3 N–H and O–H groups in total. The number of hydrogen-bond donors (Lipinski definition) is 2. The van der Waals surface area contributed by atoms with E-state index in [4.69, 9.17) is 15.3 Å². The van der Waals surface area contributed by atoms with Crippen LogP contribution in [0, 0.1) is 0 Å². The molecular formula is C8H11BrN4O2. The van der Waals surface area contributed by atoms with Crippen LogP contribution < -0.4 is 16.0 Å². The fraction of sp³-hybridized carbons (Fsp3) is 0.500. The quantitative estimate of drug-likeness (QED) is 0.624. The van der Waals surface area contributed by atoms with Crippen molar-refractivity contribution in [2.75, 3.05) is 18.6 Å². The molecule has 1 aliphatic rings. The van der Waals surface area contributed by atoms with Crippen molar-refractivity contribution in [2.24, 2.45) is 5.84 Å². The Hall–Kier alpha value is -0.920. The zero-order valence-electron chi connectivity index (χ0n) is 7.94. The maximum absolute atomic E-state index is 5.63. The largest absolute Gasteiger partial charge is 0.471 e. The maximum Gasteiger partial charge on any atom is 0.240 e. The summed E-state index contributed by atoms with van der Waals surface area (Å²) < 4.78 is 11.5. The second kappa shape index (κ2) is 4.73. The summed E-state index contributed by atoms with van der Waals surface area (Å²) in [6, 6.07) is 0. The van der Waals surface area contributed by atoms with E-state index >= 15 is 0 Å². The predicted molar refractivity (Wildman–Crippen MR) is 57.4 cm³/mol. The fourth-order valence-corrected chi connectivity index (χ4v) is 1.55. The van der Waals surface area contributed by atoms with Crippen LogP contribution in [-0.4, -0.2) is 29.3 Å². The normalized spacial score (nSPS) is 20.3. The molecule has 82 valence electrons. The van der Waals surface area contributed by atoms with E-state index in [1.54, 1.807) is 6.20 Å². The van der Waals surface area contributed by atoms with Crippen LogP contribution in [0.1, 0.15) is 6.42 Å². The molecule has 0 amide bonds. The number of aromatic nitrogens is 2. The molecule has 1 aromatic heterocycles. The molecule has 0 aromatic carbocycles. The van der Waals surface area contributed by atoms with Crippen LogP contribution in [0.15, 0.2) is 10.7 Å². The zero-order valence-corrected chi connectivity index (χ0v) is 9.53. The number of hydrogen-bond acceptors (Lipinski definition) is 6. The van der Waals surface area contributed by atoms with Crippen LogP contribution in [0.5, 0.6) is 5.88 Å². The Morgan fingerprint density at radius 1 is 1.67 bits per heavy atom. The second-order valence-corrected chi connectivity index (χ2v) is 3.95. The predicted octanol–water partition coefficient (Wildman–Crippen LogP) is 0.692. The van der Waals surface area contributed by atoms with Gasteiger partial charge in [0.05, 0.1) is 23.9 Å². The van der Waals surface area contributed by atoms with Crippen LogP contribution in [0.3, 0.4) is 0 Å². The lowest BCUT2D eigenvalue weighted by Crippen LogP contribution is -2.18. The number of nitrogens with zero attached hydrogens (tertiary/aromatic N) is 2. The Balaban J connectivity index is 2.11. The molecule has 2 heterocycles. The van der Waals surface area contributed by atoms with Gasteiger partial charge in [-0.25, -0.2) is 10.8 Å². The number of halogens is 1. The maximum atomic E-state index is 5.63. The molecule has 1 aromatic rings. The van der Waals surface area contributed by atoms with Gasteiger partial charge in [-0.15, -0.1) is 0 Å². The van der Waals surface area contributed by atoms with E-state index in [-0.39, 0.29) is 6.10 Å². The van der Waals surface area contributed by atoms with E-state index in [1.807, 2.05) is 0 Å². The first-order valence-corrected chi connectivity index (χ1v) is 5.32. The lowest BCUT2D eigenvalue weighted by atomic mass is 10.3. The molecule has 0 radical (unpaired) electrons. The van der Waals surface area contributed by atoms with E-state index in [0.29, 0.717) is 22.9 Å². The van der Waals surface area contributed by atoms with Gasteiger partial charge >= 0.3 is 0 Å². The summed E-state index contributed by atoms with van der Waals surface area (Å²) in [5.74, 6) is 6.01. The monoisotopic (exact) mass is 274 g/mol. The molecule has 0 saturated carbocycles. The van der Waals surface area contributed by atoms with Crippen molar-refractivity contribution in [1.82, 2.24) is 9.97 Å². The number of ether oxygens (including phenoxy) is 2. The Morgan fingerprint density at radius 3 is 3.20 bits per heavy atom. The summed E-state index contributed by atoms with van der Waals surface area (Å²) in [6.07, 6.45) is 2.52. The first-order chi connectivity index (χ1) is 7.29. The van der Waals surface area contributed by atoms with E-state index in [2.05, 4.69) is 31.3 Å². The molecule has 7 heteroatoms. The molecule has 6 nitrogen and oxygen atoms in total. The minimum Gasteiger partial charge on any atom is -0.471 e. The SMILES string of the molecule is NNc1ncc(Br)c(OC2CCOC2)n1. The molecule has 1 fully saturated rings. The van der Waals surface area contributed by atoms with Crippen molar-refractivity contribution in [3.63, 3.8) is 0 Å². The minimum atomic E-state index is 0.0572. The zero-order chi connectivity index (χ0) is 10.7. The van der Waals surface area contributed by atoms with Crippen LogP contribution in [-0.2, 0) is 4.74 Å². The summed E-state index contributed by atoms with van der Waals surface area (Å²) in [4.78, 5) is 8.01. The van der Waals surface area contributed by atoms with E-state index in [9.17, 15) is 0 Å². The average Bonchev–Trinajstić information content (AvgIpc) is 2.74. The lowest BCUT2D eigenvalue weighted by molar-refractivity contribution is 0.137. The molecule has 1 atom stereocenters. The molecule has 1 unspecified atom stereocenters. The molecule has 0 bridgehead atoms. The molecule has 0 aliphatic carbocycles. The second-order valence-electron chi connectivity index (χ2n) is 3.09. The van der Waals surface area contributed by atoms with Gasteiger partial charge in [-0.1, -0.05) is 0 Å². The third-order valence-corrected chi connectivity index (χ3v) is 2.55. The van der Waals surface area contributed by atoms with Crippen molar-refractivity contribution in [3.05, 3.63) is 10.7 Å². The van der Waals surface area contributed by atoms with Gasteiger partial charge in [-0.3, -0.25) is 5.43 Å². The summed E-state index contributed by atoms with van der Waals surface area (Å²) in [7, 11) is 0. The molecular weight excluding hydrogens is 264 g/mol. The van der Waals surface area contributed by atoms with Crippen molar-refractivity contribution < 1.29 is 9.47 Å². The van der Waals surface area contributed by atoms with Crippen LogP contribution >= 0.6 is 15.9 Å². The molecule has 2 rings (SSSR count). The standard InChI is InChI=1S/C8H11BrN4O2/c9-6-3-11-8(13-10)12-7(6)15-5-1-2-14-4-5/h3,5H,1-2,4,10H2,(H,11,12,13). The first kappa shape index (κ1) is 10.6. The summed E-state index contributed by atoms with van der Waals surface area (Å²) in [6.45, 7) is 1.33. The smallest absolute Gasteiger partial charge is 0.240 e. The van der Waals surface area contributed by atoms with Gasteiger partial charge in [0.15, 0.2) is 0 Å². The van der Waals surface area contributed by atoms with Gasteiger partial charge < -0.3 is 9.47 Å². The van der Waals surface area contributed by atoms with Gasteiger partial charge in [0.2, 0.25) is 11.8 Å². The van der Waals surface area contributed by atoms with Crippen LogP contribution in [0.4, 0.5) is 5.95 Å². The Kier molecular flexibility index (Phi) is 3.34. The third-order valence-electron chi connectivity index (χ3n) is 2.01. The topological polar surface area (TPSA) is 82.3 Å². The summed E-state index contributed by atoms with van der Waals surface area (Å²) in [5.41, 5.74) is 2.37. The summed E-state index contributed by atoms with van der Waals surface area (Å²) >= 11 is 3.31. The first-order valence-electron chi connectivity index (χ1n) is 4.53. The Bertz CT molecular complexity index is 343. The highest BCUT2D eigenvalue weighted by Gasteiger charge is 2.19. The fourth-order valence-electron chi connectivity index (χ4n) is 1.27. The van der Waals surface area contributed by atoms with Crippen molar-refractivity contribution >= 4 is 21.9 Å². The highest BCUT2D eigenvalue weighted by atomic mass is 79.9. The number of nitrogen functional groups attached to an aromatic ring is 1. The highest BCUT2D eigenvalue weighted by molar-refractivity contribution is 9.10. The van der Waals surface area contributed by atoms with Gasteiger partial charge in [0, 0.05) is 6.42 Å². The van der Waals surface area contributed by atoms with Crippen LogP contribution in [0.2, 0.25) is 0 Å². The van der Waals surface area contributed by atoms with E-state index < -0.39 is 0 Å². The van der Waals surface area contributed by atoms with Crippen molar-refractivity contribution in [3.8, 4) is 5.88 Å². The van der Waals surface area contributed by atoms with E-state index in [1.165, 1.54) is 0 Å².